The van der Waals surface area contributed by atoms with Gasteiger partial charge < -0.3 is 5.32 Å². The molecule has 0 bridgehead atoms. The first-order valence-corrected chi connectivity index (χ1v) is 8.59. The molecule has 0 aliphatic heterocycles. The predicted octanol–water partition coefficient (Wildman–Crippen LogP) is 3.82. The van der Waals surface area contributed by atoms with E-state index >= 15 is 0 Å². The molecule has 134 valence electrons. The third-order valence-electron chi connectivity index (χ3n) is 4.55. The van der Waals surface area contributed by atoms with Gasteiger partial charge >= 0.3 is 0 Å². The number of nitrogens with one attached hydrogen (secondary N) is 1. The summed E-state index contributed by atoms with van der Waals surface area (Å²) < 4.78 is 15.3. The molecule has 0 spiro atoms. The largest absolute Gasteiger partial charge is 0.350 e. The molecule has 3 rings (SSSR count). The Morgan fingerprint density at radius 1 is 1.12 bits per heavy atom. The summed E-state index contributed by atoms with van der Waals surface area (Å²) in [5, 5.41) is 7.12. The molecule has 0 aliphatic rings. The van der Waals surface area contributed by atoms with Crippen molar-refractivity contribution < 1.29 is 9.18 Å². The molecule has 1 aromatic heterocycles. The first kappa shape index (κ1) is 17.9. The number of aryl methyl sites for hydroxylation is 3. The van der Waals surface area contributed by atoms with E-state index in [1.807, 2.05) is 13.1 Å². The van der Waals surface area contributed by atoms with Crippen molar-refractivity contribution in [3.05, 3.63) is 76.7 Å². The highest BCUT2D eigenvalue weighted by Crippen LogP contribution is 2.22. The van der Waals surface area contributed by atoms with Crippen molar-refractivity contribution in [2.24, 2.45) is 7.05 Å². The predicted molar refractivity (Wildman–Crippen MR) is 101 cm³/mol. The van der Waals surface area contributed by atoms with Crippen LogP contribution in [0.25, 0.3) is 11.3 Å². The van der Waals surface area contributed by atoms with Gasteiger partial charge in [-0.15, -0.1) is 0 Å². The summed E-state index contributed by atoms with van der Waals surface area (Å²) in [4.78, 5) is 12.4. The number of carbonyl (C=O) groups excluding carboxylic acids is 1. The summed E-state index contributed by atoms with van der Waals surface area (Å²) in [6.45, 7) is 4.48. The molecule has 0 aliphatic carbocycles. The Labute approximate surface area is 152 Å². The highest BCUT2D eigenvalue weighted by Gasteiger charge is 2.14. The second kappa shape index (κ2) is 7.52. The van der Waals surface area contributed by atoms with Gasteiger partial charge in [0.05, 0.1) is 5.69 Å². The number of hydrogen-bond donors (Lipinski definition) is 1. The van der Waals surface area contributed by atoms with E-state index in [0.717, 1.165) is 11.3 Å². The van der Waals surface area contributed by atoms with Crippen molar-refractivity contribution >= 4 is 5.91 Å². The van der Waals surface area contributed by atoms with Crippen molar-refractivity contribution in [2.75, 3.05) is 6.54 Å². The van der Waals surface area contributed by atoms with Gasteiger partial charge in [0.25, 0.3) is 5.91 Å². The van der Waals surface area contributed by atoms with Crippen molar-refractivity contribution in [1.82, 2.24) is 15.1 Å². The maximum Gasteiger partial charge on any atom is 0.271 e. The van der Waals surface area contributed by atoms with Crippen LogP contribution in [0, 0.1) is 19.7 Å². The van der Waals surface area contributed by atoms with Crippen LogP contribution >= 0.6 is 0 Å². The molecular formula is C21H22FN3O. The van der Waals surface area contributed by atoms with Crippen molar-refractivity contribution in [2.45, 2.75) is 20.3 Å². The van der Waals surface area contributed by atoms with Crippen molar-refractivity contribution in [3.8, 4) is 11.3 Å². The number of benzene rings is 2. The topological polar surface area (TPSA) is 46.9 Å². The molecule has 1 N–H and O–H groups in total. The van der Waals surface area contributed by atoms with Crippen LogP contribution in [0.3, 0.4) is 0 Å². The smallest absolute Gasteiger partial charge is 0.271 e. The molecule has 0 radical (unpaired) electrons. The summed E-state index contributed by atoms with van der Waals surface area (Å²) >= 11 is 0. The average Bonchev–Trinajstić information content (AvgIpc) is 3.01. The first-order valence-electron chi connectivity index (χ1n) is 8.59. The summed E-state index contributed by atoms with van der Waals surface area (Å²) in [5.74, 6) is -0.511. The van der Waals surface area contributed by atoms with Crippen LogP contribution in [-0.4, -0.2) is 22.2 Å². The molecule has 5 heteroatoms. The monoisotopic (exact) mass is 351 g/mol. The minimum Gasteiger partial charge on any atom is -0.350 e. The number of carbonyl (C=O) groups is 1. The van der Waals surface area contributed by atoms with Gasteiger partial charge in [0, 0.05) is 19.2 Å². The molecule has 26 heavy (non-hydrogen) atoms. The Bertz CT molecular complexity index is 946. The van der Waals surface area contributed by atoms with Gasteiger partial charge in [0.15, 0.2) is 5.69 Å². The van der Waals surface area contributed by atoms with Crippen LogP contribution in [0.5, 0.6) is 0 Å². The van der Waals surface area contributed by atoms with Crippen LogP contribution < -0.4 is 5.32 Å². The number of rotatable bonds is 5. The zero-order valence-corrected chi connectivity index (χ0v) is 15.2. The molecule has 0 fully saturated rings. The summed E-state index contributed by atoms with van der Waals surface area (Å²) in [5.41, 5.74) is 5.27. The number of amides is 1. The SMILES string of the molecule is Cc1ccc(-c2cc(C(=O)NCCc3ccccc3F)nn2C)cc1C. The molecule has 3 aromatic rings. The second-order valence-electron chi connectivity index (χ2n) is 6.43. The third kappa shape index (κ3) is 3.82. The van der Waals surface area contributed by atoms with Gasteiger partial charge in [0.1, 0.15) is 5.82 Å². The fraction of sp³-hybridized carbons (Fsp3) is 0.238. The average molecular weight is 351 g/mol. The molecule has 1 amide bonds. The van der Waals surface area contributed by atoms with Crippen LogP contribution in [0.15, 0.2) is 48.5 Å². The lowest BCUT2D eigenvalue weighted by molar-refractivity contribution is 0.0948. The van der Waals surface area contributed by atoms with Crippen LogP contribution in [-0.2, 0) is 13.5 Å². The molecule has 0 unspecified atom stereocenters. The Kier molecular flexibility index (Phi) is 5.16. The molecule has 0 atom stereocenters. The van der Waals surface area contributed by atoms with E-state index in [4.69, 9.17) is 0 Å². The molecule has 2 aromatic carbocycles. The summed E-state index contributed by atoms with van der Waals surface area (Å²) in [6.07, 6.45) is 0.440. The minimum atomic E-state index is -0.257. The second-order valence-corrected chi connectivity index (χ2v) is 6.43. The maximum atomic E-state index is 13.6. The molecular weight excluding hydrogens is 329 g/mol. The van der Waals surface area contributed by atoms with Crippen molar-refractivity contribution in [3.63, 3.8) is 0 Å². The molecule has 1 heterocycles. The number of aromatic nitrogens is 2. The van der Waals surface area contributed by atoms with E-state index in [-0.39, 0.29) is 11.7 Å². The molecule has 0 saturated heterocycles. The van der Waals surface area contributed by atoms with Gasteiger partial charge in [0.2, 0.25) is 0 Å². The fourth-order valence-electron chi connectivity index (χ4n) is 2.85. The zero-order chi connectivity index (χ0) is 18.7. The lowest BCUT2D eigenvalue weighted by atomic mass is 10.0. The van der Waals surface area contributed by atoms with Gasteiger partial charge in [-0.25, -0.2) is 4.39 Å². The van der Waals surface area contributed by atoms with E-state index < -0.39 is 0 Å². The zero-order valence-electron chi connectivity index (χ0n) is 15.2. The standard InChI is InChI=1S/C21H22FN3O/c1-14-8-9-17(12-15(14)2)20-13-19(24-25(20)3)21(26)23-11-10-16-6-4-5-7-18(16)22/h4-9,12-13H,10-11H2,1-3H3,(H,23,26). The van der Waals surface area contributed by atoms with E-state index in [2.05, 4.69) is 36.4 Å². The summed E-state index contributed by atoms with van der Waals surface area (Å²) in [7, 11) is 1.82. The lowest BCUT2D eigenvalue weighted by Gasteiger charge is -2.05. The highest BCUT2D eigenvalue weighted by atomic mass is 19.1. The Morgan fingerprint density at radius 3 is 2.62 bits per heavy atom. The Hall–Kier alpha value is -2.95. The third-order valence-corrected chi connectivity index (χ3v) is 4.55. The maximum absolute atomic E-state index is 13.6. The number of hydrogen-bond acceptors (Lipinski definition) is 2. The highest BCUT2D eigenvalue weighted by molar-refractivity contribution is 5.93. The van der Waals surface area contributed by atoms with Gasteiger partial charge in [-0.1, -0.05) is 30.3 Å². The van der Waals surface area contributed by atoms with E-state index in [1.54, 1.807) is 28.9 Å². The van der Waals surface area contributed by atoms with E-state index in [1.165, 1.54) is 17.2 Å². The Morgan fingerprint density at radius 2 is 1.88 bits per heavy atom. The molecule has 0 saturated carbocycles. The van der Waals surface area contributed by atoms with E-state index in [0.29, 0.717) is 24.2 Å². The van der Waals surface area contributed by atoms with Crippen molar-refractivity contribution in [1.29, 1.82) is 0 Å². The first-order chi connectivity index (χ1) is 12.5. The normalized spacial score (nSPS) is 10.8. The van der Waals surface area contributed by atoms with E-state index in [9.17, 15) is 9.18 Å². The lowest BCUT2D eigenvalue weighted by Crippen LogP contribution is -2.26. The fourth-order valence-corrected chi connectivity index (χ4v) is 2.85. The summed E-state index contributed by atoms with van der Waals surface area (Å²) in [6, 6.07) is 14.5. The van der Waals surface area contributed by atoms with Crippen LogP contribution in [0.1, 0.15) is 27.2 Å². The van der Waals surface area contributed by atoms with Crippen LogP contribution in [0.2, 0.25) is 0 Å². The quantitative estimate of drug-likeness (QED) is 0.760. The van der Waals surface area contributed by atoms with Gasteiger partial charge in [-0.05, 0) is 55.2 Å². The van der Waals surface area contributed by atoms with Gasteiger partial charge in [-0.2, -0.15) is 5.10 Å². The molecule has 4 nitrogen and oxygen atoms in total. The minimum absolute atomic E-state index is 0.253. The van der Waals surface area contributed by atoms with Gasteiger partial charge in [-0.3, -0.25) is 9.48 Å². The van der Waals surface area contributed by atoms with Crippen LogP contribution in [0.4, 0.5) is 4.39 Å². The number of halogens is 1. The number of nitrogens with zero attached hydrogens (tertiary/aromatic N) is 2. The Balaban J connectivity index is 1.69.